The van der Waals surface area contributed by atoms with Crippen LogP contribution in [0.5, 0.6) is 0 Å². The number of para-hydroxylation sites is 1. The number of aromatic nitrogens is 1. The quantitative estimate of drug-likeness (QED) is 0.134. The minimum Gasteiger partial charge on any atom is -0.314 e. The van der Waals surface area contributed by atoms with Gasteiger partial charge >= 0.3 is 0 Å². The summed E-state index contributed by atoms with van der Waals surface area (Å²) in [5.74, 6) is 1.17. The molecule has 0 aliphatic heterocycles. The van der Waals surface area contributed by atoms with E-state index < -0.39 is 0 Å². The predicted molar refractivity (Wildman–Crippen MR) is 258 cm³/mol. The van der Waals surface area contributed by atoms with Gasteiger partial charge in [0.25, 0.3) is 0 Å². The lowest BCUT2D eigenvalue weighted by Gasteiger charge is -2.32. The van der Waals surface area contributed by atoms with Gasteiger partial charge < -0.3 is 9.47 Å². The van der Waals surface area contributed by atoms with Crippen LogP contribution < -0.4 is 4.90 Å². The zero-order valence-electron chi connectivity index (χ0n) is 36.0. The fraction of sp³-hybridized carbons (Fsp3) is 0.207. The molecular weight excluding hydrogens is 725 g/mol. The van der Waals surface area contributed by atoms with Crippen LogP contribution in [0.3, 0.4) is 0 Å². The van der Waals surface area contributed by atoms with Gasteiger partial charge in [0.05, 0.1) is 11.0 Å². The lowest BCUT2D eigenvalue weighted by molar-refractivity contribution is 0.280. The fourth-order valence-electron chi connectivity index (χ4n) is 9.29. The second-order valence-electron chi connectivity index (χ2n) is 18.2. The maximum atomic E-state index is 2.43. The van der Waals surface area contributed by atoms with Crippen molar-refractivity contribution in [2.45, 2.75) is 66.7 Å². The first-order valence-electron chi connectivity index (χ1n) is 21.8. The van der Waals surface area contributed by atoms with E-state index in [1.165, 1.54) is 95.5 Å². The Morgan fingerprint density at radius 3 is 1.60 bits per heavy atom. The molecule has 0 radical (unpaired) electrons. The van der Waals surface area contributed by atoms with Gasteiger partial charge in [0.15, 0.2) is 0 Å². The number of rotatable bonds is 10. The first-order chi connectivity index (χ1) is 29.1. The van der Waals surface area contributed by atoms with E-state index in [2.05, 4.69) is 233 Å². The van der Waals surface area contributed by atoms with Crippen molar-refractivity contribution < 1.29 is 0 Å². The first-order valence-corrected chi connectivity index (χ1v) is 21.8. The SMILES string of the molecule is Cc1ccc(-n2c3ccc(-c4ccc(C(CC(C)C)C(C)(C)C)cc4)cc3c3cc(-c4ccc(N(C5=CC=C(c6ccccc6)CC5)c5ccccc5)cc4)ccc32)cc1. The van der Waals surface area contributed by atoms with Gasteiger partial charge in [-0.25, -0.2) is 0 Å². The predicted octanol–water partition coefficient (Wildman–Crippen LogP) is 16.5. The van der Waals surface area contributed by atoms with E-state index in [9.17, 15) is 0 Å². The van der Waals surface area contributed by atoms with Gasteiger partial charge in [-0.15, -0.1) is 0 Å². The topological polar surface area (TPSA) is 8.17 Å². The minimum absolute atomic E-state index is 0.208. The standard InChI is InChI=1S/C58H56N2/c1-40(2)37-55(58(4,5)6)46-21-19-44(20-22-46)47-27-35-56-53(38-47)54-39-48(28-36-57(54)60(56)52-29-17-41(3)18-30-52)45-25-33-51(34-26-45)59(49-15-11-8-12-16-49)50-31-23-43(24-32-50)42-13-9-7-10-14-42/h7-23,25-31,33-36,38-40,55H,24,32,37H2,1-6H3. The summed E-state index contributed by atoms with van der Waals surface area (Å²) in [6.07, 6.45) is 7.78. The van der Waals surface area contributed by atoms with Crippen LogP contribution in [0.15, 0.2) is 188 Å². The van der Waals surface area contributed by atoms with Crippen molar-refractivity contribution in [3.05, 3.63) is 204 Å². The largest absolute Gasteiger partial charge is 0.314 e. The zero-order valence-corrected chi connectivity index (χ0v) is 36.0. The number of aryl methyl sites for hydroxylation is 1. The summed E-state index contributed by atoms with van der Waals surface area (Å²) in [5, 5.41) is 2.52. The average molecular weight is 781 g/mol. The molecule has 1 heterocycles. The molecule has 0 N–H and O–H groups in total. The van der Waals surface area contributed by atoms with E-state index in [1.807, 2.05) is 0 Å². The normalized spacial score (nSPS) is 13.7. The molecule has 1 aliphatic carbocycles. The lowest BCUT2D eigenvalue weighted by Crippen LogP contribution is -2.20. The molecule has 0 saturated heterocycles. The molecule has 0 saturated carbocycles. The Morgan fingerprint density at radius 2 is 1.07 bits per heavy atom. The van der Waals surface area contributed by atoms with Gasteiger partial charge in [-0.1, -0.05) is 155 Å². The van der Waals surface area contributed by atoms with E-state index >= 15 is 0 Å². The molecule has 2 heteroatoms. The monoisotopic (exact) mass is 780 g/mol. The number of nitrogens with zero attached hydrogens (tertiary/aromatic N) is 2. The third kappa shape index (κ3) is 7.87. The minimum atomic E-state index is 0.208. The van der Waals surface area contributed by atoms with E-state index in [1.54, 1.807) is 0 Å². The van der Waals surface area contributed by atoms with Crippen molar-refractivity contribution in [3.8, 4) is 27.9 Å². The Kier molecular flexibility index (Phi) is 10.7. The smallest absolute Gasteiger partial charge is 0.0541 e. The van der Waals surface area contributed by atoms with Crippen LogP contribution in [-0.4, -0.2) is 4.57 Å². The highest BCUT2D eigenvalue weighted by Gasteiger charge is 2.27. The van der Waals surface area contributed by atoms with Crippen LogP contribution in [0, 0.1) is 18.3 Å². The van der Waals surface area contributed by atoms with Gasteiger partial charge in [-0.3, -0.25) is 0 Å². The lowest BCUT2D eigenvalue weighted by atomic mass is 9.72. The Bertz CT molecular complexity index is 2810. The van der Waals surface area contributed by atoms with E-state index in [-0.39, 0.29) is 5.41 Å². The molecule has 60 heavy (non-hydrogen) atoms. The molecule has 298 valence electrons. The fourth-order valence-corrected chi connectivity index (χ4v) is 9.29. The Balaban J connectivity index is 1.10. The molecule has 7 aromatic carbocycles. The van der Waals surface area contributed by atoms with Crippen molar-refractivity contribution >= 4 is 38.8 Å². The molecule has 2 nitrogen and oxygen atoms in total. The van der Waals surface area contributed by atoms with Gasteiger partial charge in [-0.05, 0) is 149 Å². The first kappa shape index (κ1) is 39.1. The Labute approximate surface area is 357 Å². The molecule has 0 bridgehead atoms. The molecule has 1 unspecified atom stereocenters. The van der Waals surface area contributed by atoms with Gasteiger partial charge in [-0.2, -0.15) is 0 Å². The molecule has 9 rings (SSSR count). The van der Waals surface area contributed by atoms with Crippen LogP contribution in [-0.2, 0) is 0 Å². The second-order valence-corrected chi connectivity index (χ2v) is 18.2. The number of hydrogen-bond acceptors (Lipinski definition) is 1. The van der Waals surface area contributed by atoms with Gasteiger partial charge in [0.2, 0.25) is 0 Å². The molecule has 0 fully saturated rings. The van der Waals surface area contributed by atoms with Crippen molar-refractivity contribution in [1.82, 2.24) is 4.57 Å². The average Bonchev–Trinajstić information content (AvgIpc) is 3.60. The van der Waals surface area contributed by atoms with E-state index in [0.717, 1.165) is 12.8 Å². The second kappa shape index (κ2) is 16.3. The number of anilines is 2. The number of hydrogen-bond donors (Lipinski definition) is 0. The van der Waals surface area contributed by atoms with Gasteiger partial charge in [0.1, 0.15) is 0 Å². The van der Waals surface area contributed by atoms with Crippen LogP contribution in [0.1, 0.15) is 76.5 Å². The molecular formula is C58H56N2. The van der Waals surface area contributed by atoms with Crippen LogP contribution in [0.2, 0.25) is 0 Å². The van der Waals surface area contributed by atoms with Crippen LogP contribution >= 0.6 is 0 Å². The third-order valence-electron chi connectivity index (χ3n) is 12.5. The maximum absolute atomic E-state index is 2.43. The number of fused-ring (bicyclic) bond motifs is 3. The highest BCUT2D eigenvalue weighted by molar-refractivity contribution is 6.11. The number of benzene rings is 7. The third-order valence-corrected chi connectivity index (χ3v) is 12.5. The summed E-state index contributed by atoms with van der Waals surface area (Å²) in [6, 6.07) is 63.0. The summed E-state index contributed by atoms with van der Waals surface area (Å²) >= 11 is 0. The molecule has 1 aromatic heterocycles. The van der Waals surface area contributed by atoms with E-state index in [0.29, 0.717) is 11.8 Å². The molecule has 1 aliphatic rings. The highest BCUT2D eigenvalue weighted by atomic mass is 15.1. The van der Waals surface area contributed by atoms with Crippen molar-refractivity contribution in [2.75, 3.05) is 4.90 Å². The Hall–Kier alpha value is -6.38. The zero-order chi connectivity index (χ0) is 41.4. The highest BCUT2D eigenvalue weighted by Crippen LogP contribution is 2.42. The molecule has 8 aromatic rings. The maximum Gasteiger partial charge on any atom is 0.0541 e. The van der Waals surface area contributed by atoms with Crippen molar-refractivity contribution in [1.29, 1.82) is 0 Å². The summed E-state index contributed by atoms with van der Waals surface area (Å²) < 4.78 is 2.43. The number of allylic oxidation sites excluding steroid dienone is 4. The van der Waals surface area contributed by atoms with Gasteiger partial charge in [0, 0.05) is 33.5 Å². The molecule has 1 atom stereocenters. The van der Waals surface area contributed by atoms with E-state index in [4.69, 9.17) is 0 Å². The van der Waals surface area contributed by atoms with Crippen LogP contribution in [0.25, 0.3) is 55.3 Å². The van der Waals surface area contributed by atoms with Crippen LogP contribution in [0.4, 0.5) is 11.4 Å². The van der Waals surface area contributed by atoms with Crippen molar-refractivity contribution in [3.63, 3.8) is 0 Å². The Morgan fingerprint density at radius 1 is 0.533 bits per heavy atom. The summed E-state index contributed by atoms with van der Waals surface area (Å²) in [5.41, 5.74) is 17.8. The molecule has 0 amide bonds. The van der Waals surface area contributed by atoms with Crippen molar-refractivity contribution in [2.24, 2.45) is 11.3 Å². The summed E-state index contributed by atoms with van der Waals surface area (Å²) in [6.45, 7) is 14.0. The summed E-state index contributed by atoms with van der Waals surface area (Å²) in [7, 11) is 0. The molecule has 0 spiro atoms. The summed E-state index contributed by atoms with van der Waals surface area (Å²) in [4.78, 5) is 2.42.